The first-order valence-electron chi connectivity index (χ1n) is 5.61. The van der Waals surface area contributed by atoms with Gasteiger partial charge >= 0.3 is 0 Å². The van der Waals surface area contributed by atoms with Crippen LogP contribution in [0.2, 0.25) is 10.0 Å². The Kier molecular flexibility index (Phi) is 4.47. The molecule has 104 valence electrons. The molecule has 0 saturated heterocycles. The molecule has 1 N–H and O–H groups in total. The summed E-state index contributed by atoms with van der Waals surface area (Å²) in [6.45, 7) is 0. The van der Waals surface area contributed by atoms with Gasteiger partial charge < -0.3 is 10.1 Å². The lowest BCUT2D eigenvalue weighted by atomic mass is 10.2. The molecule has 1 amide bonds. The van der Waals surface area contributed by atoms with Gasteiger partial charge in [-0.2, -0.15) is 0 Å². The second-order valence-electron chi connectivity index (χ2n) is 3.93. The number of hydrogen-bond acceptors (Lipinski definition) is 2. The molecule has 0 saturated carbocycles. The largest absolute Gasteiger partial charge is 0.495 e. The summed E-state index contributed by atoms with van der Waals surface area (Å²) in [5, 5.41) is 3.25. The van der Waals surface area contributed by atoms with Crippen molar-refractivity contribution in [2.24, 2.45) is 0 Å². The van der Waals surface area contributed by atoms with E-state index in [1.54, 1.807) is 18.2 Å². The molecule has 6 heteroatoms. The number of methoxy groups -OCH3 is 1. The topological polar surface area (TPSA) is 38.3 Å². The molecule has 0 aromatic heterocycles. The highest BCUT2D eigenvalue weighted by molar-refractivity contribution is 6.32. The summed E-state index contributed by atoms with van der Waals surface area (Å²) in [7, 11) is 1.46. The van der Waals surface area contributed by atoms with Crippen LogP contribution in [0.3, 0.4) is 0 Å². The second kappa shape index (κ2) is 6.11. The van der Waals surface area contributed by atoms with E-state index >= 15 is 0 Å². The van der Waals surface area contributed by atoms with Gasteiger partial charge in [0.2, 0.25) is 0 Å². The highest BCUT2D eigenvalue weighted by atomic mass is 35.5. The molecule has 2 aromatic carbocycles. The number of benzene rings is 2. The van der Waals surface area contributed by atoms with Crippen LogP contribution in [0.5, 0.6) is 5.75 Å². The van der Waals surface area contributed by atoms with E-state index in [1.807, 2.05) is 0 Å². The number of carbonyl (C=O) groups is 1. The molecule has 2 aromatic rings. The van der Waals surface area contributed by atoms with Gasteiger partial charge in [0.05, 0.1) is 17.7 Å². The first kappa shape index (κ1) is 14.6. The molecule has 0 aliphatic rings. The Bertz CT molecular complexity index is 662. The normalized spacial score (nSPS) is 10.2. The highest BCUT2D eigenvalue weighted by Gasteiger charge is 2.13. The summed E-state index contributed by atoms with van der Waals surface area (Å²) in [5.74, 6) is -0.835. The molecule has 0 fully saturated rings. The van der Waals surface area contributed by atoms with Crippen LogP contribution >= 0.6 is 23.2 Å². The molecular weight excluding hydrogens is 304 g/mol. The van der Waals surface area contributed by atoms with E-state index in [-0.39, 0.29) is 10.6 Å². The van der Waals surface area contributed by atoms with Crippen LogP contribution in [0.15, 0.2) is 36.4 Å². The van der Waals surface area contributed by atoms with Crippen LogP contribution in [0.1, 0.15) is 10.4 Å². The minimum atomic E-state index is -0.646. The Morgan fingerprint density at radius 1 is 1.20 bits per heavy atom. The summed E-state index contributed by atoms with van der Waals surface area (Å²) in [4.78, 5) is 12.0. The number of ether oxygens (including phenoxy) is 1. The first-order chi connectivity index (χ1) is 9.51. The van der Waals surface area contributed by atoms with Crippen molar-refractivity contribution < 1.29 is 13.9 Å². The van der Waals surface area contributed by atoms with Gasteiger partial charge in [0, 0.05) is 16.8 Å². The fourth-order valence-electron chi connectivity index (χ4n) is 1.61. The predicted molar refractivity (Wildman–Crippen MR) is 77.4 cm³/mol. The van der Waals surface area contributed by atoms with Crippen molar-refractivity contribution in [3.05, 3.63) is 57.8 Å². The van der Waals surface area contributed by atoms with Gasteiger partial charge in [-0.3, -0.25) is 4.79 Å². The first-order valence-corrected chi connectivity index (χ1v) is 6.37. The number of anilines is 1. The van der Waals surface area contributed by atoms with Crippen molar-refractivity contribution >= 4 is 34.8 Å². The number of amides is 1. The third kappa shape index (κ3) is 3.21. The molecule has 2 rings (SSSR count). The van der Waals surface area contributed by atoms with Gasteiger partial charge in [-0.15, -0.1) is 0 Å². The minimum absolute atomic E-state index is 0.133. The van der Waals surface area contributed by atoms with Gasteiger partial charge in [0.1, 0.15) is 11.6 Å². The molecule has 0 radical (unpaired) electrons. The van der Waals surface area contributed by atoms with Gasteiger partial charge in [-0.05, 0) is 30.3 Å². The smallest absolute Gasteiger partial charge is 0.258 e. The predicted octanol–water partition coefficient (Wildman–Crippen LogP) is 4.39. The van der Waals surface area contributed by atoms with Crippen LogP contribution < -0.4 is 10.1 Å². The summed E-state index contributed by atoms with van der Waals surface area (Å²) >= 11 is 11.6. The van der Waals surface area contributed by atoms with Crippen molar-refractivity contribution in [1.82, 2.24) is 0 Å². The molecule has 0 spiro atoms. The van der Waals surface area contributed by atoms with Gasteiger partial charge in [0.25, 0.3) is 5.91 Å². The lowest BCUT2D eigenvalue weighted by Gasteiger charge is -2.09. The van der Waals surface area contributed by atoms with E-state index < -0.39 is 11.7 Å². The maximum absolute atomic E-state index is 13.6. The van der Waals surface area contributed by atoms with Crippen LogP contribution in [0.4, 0.5) is 10.1 Å². The third-order valence-electron chi connectivity index (χ3n) is 2.58. The second-order valence-corrected chi connectivity index (χ2v) is 4.77. The van der Waals surface area contributed by atoms with Crippen LogP contribution in [-0.4, -0.2) is 13.0 Å². The van der Waals surface area contributed by atoms with Gasteiger partial charge in [0.15, 0.2) is 0 Å². The lowest BCUT2D eigenvalue weighted by molar-refractivity contribution is 0.102. The molecule has 0 bridgehead atoms. The fourth-order valence-corrected chi connectivity index (χ4v) is 1.97. The van der Waals surface area contributed by atoms with E-state index in [0.29, 0.717) is 16.5 Å². The average molecular weight is 314 g/mol. The summed E-state index contributed by atoms with van der Waals surface area (Å²) in [5.41, 5.74) is 0.307. The molecule has 0 aliphatic heterocycles. The van der Waals surface area contributed by atoms with Gasteiger partial charge in [-0.1, -0.05) is 23.2 Å². The summed E-state index contributed by atoms with van der Waals surface area (Å²) < 4.78 is 18.6. The zero-order valence-corrected chi connectivity index (χ0v) is 11.9. The molecule has 20 heavy (non-hydrogen) atoms. The fraction of sp³-hybridized carbons (Fsp3) is 0.0714. The number of halogens is 3. The minimum Gasteiger partial charge on any atom is -0.495 e. The Morgan fingerprint density at radius 3 is 2.65 bits per heavy atom. The van der Waals surface area contributed by atoms with E-state index in [0.717, 1.165) is 6.07 Å². The van der Waals surface area contributed by atoms with E-state index in [4.69, 9.17) is 27.9 Å². The van der Waals surface area contributed by atoms with E-state index in [2.05, 4.69) is 5.32 Å². The average Bonchev–Trinajstić information content (AvgIpc) is 2.43. The Labute approximate surface area is 125 Å². The standard InChI is InChI=1S/C14H10Cl2FNO2/c1-20-13-7-9(3-4-11(13)16)18-14(19)10-6-8(15)2-5-12(10)17/h2-7H,1H3,(H,18,19). The van der Waals surface area contributed by atoms with Crippen molar-refractivity contribution in [2.75, 3.05) is 12.4 Å². The molecule has 0 unspecified atom stereocenters. The van der Waals surface area contributed by atoms with Crippen molar-refractivity contribution in [3.63, 3.8) is 0 Å². The Hall–Kier alpha value is -1.78. The quantitative estimate of drug-likeness (QED) is 0.912. The number of carbonyl (C=O) groups excluding carboxylic acids is 1. The summed E-state index contributed by atoms with van der Waals surface area (Å²) in [6, 6.07) is 8.48. The molecule has 0 heterocycles. The highest BCUT2D eigenvalue weighted by Crippen LogP contribution is 2.27. The van der Waals surface area contributed by atoms with E-state index in [9.17, 15) is 9.18 Å². The van der Waals surface area contributed by atoms with Crippen molar-refractivity contribution in [2.45, 2.75) is 0 Å². The van der Waals surface area contributed by atoms with E-state index in [1.165, 1.54) is 19.2 Å². The Morgan fingerprint density at radius 2 is 1.95 bits per heavy atom. The Balaban J connectivity index is 2.25. The lowest BCUT2D eigenvalue weighted by Crippen LogP contribution is -2.13. The van der Waals surface area contributed by atoms with Crippen LogP contribution in [0, 0.1) is 5.82 Å². The SMILES string of the molecule is COc1cc(NC(=O)c2cc(Cl)ccc2F)ccc1Cl. The summed E-state index contributed by atoms with van der Waals surface area (Å²) in [6.07, 6.45) is 0. The molecule has 0 aliphatic carbocycles. The molecular formula is C14H10Cl2FNO2. The van der Waals surface area contributed by atoms with Crippen LogP contribution in [-0.2, 0) is 0 Å². The number of rotatable bonds is 3. The number of hydrogen-bond donors (Lipinski definition) is 1. The molecule has 0 atom stereocenters. The maximum atomic E-state index is 13.6. The van der Waals surface area contributed by atoms with Crippen molar-refractivity contribution in [1.29, 1.82) is 0 Å². The maximum Gasteiger partial charge on any atom is 0.258 e. The van der Waals surface area contributed by atoms with Gasteiger partial charge in [-0.25, -0.2) is 4.39 Å². The monoisotopic (exact) mass is 313 g/mol. The van der Waals surface area contributed by atoms with Crippen molar-refractivity contribution in [3.8, 4) is 5.75 Å². The number of nitrogens with one attached hydrogen (secondary N) is 1. The third-order valence-corrected chi connectivity index (χ3v) is 3.13. The zero-order chi connectivity index (χ0) is 14.7. The van der Waals surface area contributed by atoms with Crippen LogP contribution in [0.25, 0.3) is 0 Å². The zero-order valence-electron chi connectivity index (χ0n) is 10.4. The molecule has 3 nitrogen and oxygen atoms in total.